The lowest BCUT2D eigenvalue weighted by Crippen LogP contribution is -2.55. The number of aromatic nitrogens is 1. The molecule has 1 amide bonds. The minimum Gasteiger partial charge on any atom is -0.375 e. The Kier molecular flexibility index (Phi) is 7.43. The van der Waals surface area contributed by atoms with Crippen LogP contribution in [0.25, 0.3) is 10.6 Å². The van der Waals surface area contributed by atoms with Crippen molar-refractivity contribution in [2.24, 2.45) is 0 Å². The number of nitrogens with one attached hydrogen (secondary N) is 2. The number of hydrogen-bond acceptors (Lipinski definition) is 5. The molecule has 0 bridgehead atoms. The molecule has 3 rings (SSSR count). The predicted molar refractivity (Wildman–Crippen MR) is 108 cm³/mol. The van der Waals surface area contributed by atoms with E-state index in [1.165, 1.54) is 0 Å². The maximum absolute atomic E-state index is 12.5. The van der Waals surface area contributed by atoms with Gasteiger partial charge in [0.1, 0.15) is 11.0 Å². The molecule has 1 aliphatic heterocycles. The Morgan fingerprint density at radius 1 is 1.42 bits per heavy atom. The number of ether oxygens (including phenoxy) is 1. The molecular formula is C18H23Cl2N3O2S. The van der Waals surface area contributed by atoms with E-state index in [0.717, 1.165) is 21.1 Å². The van der Waals surface area contributed by atoms with Crippen molar-refractivity contribution in [3.05, 3.63) is 39.9 Å². The Hall–Kier alpha value is -1.18. The first-order valence-corrected chi connectivity index (χ1v) is 9.54. The molecule has 8 heteroatoms. The van der Waals surface area contributed by atoms with Crippen LogP contribution in [0, 0.1) is 6.92 Å². The highest BCUT2D eigenvalue weighted by Crippen LogP contribution is 2.32. The van der Waals surface area contributed by atoms with Crippen LogP contribution in [0.1, 0.15) is 30.5 Å². The van der Waals surface area contributed by atoms with Gasteiger partial charge in [-0.05, 0) is 32.9 Å². The summed E-state index contributed by atoms with van der Waals surface area (Å²) in [6, 6.07) is 7.20. The van der Waals surface area contributed by atoms with Crippen LogP contribution in [0.2, 0.25) is 5.02 Å². The minimum atomic E-state index is -0.319. The van der Waals surface area contributed by atoms with Gasteiger partial charge in [-0.3, -0.25) is 4.79 Å². The lowest BCUT2D eigenvalue weighted by atomic mass is 10.1. The molecule has 1 aliphatic rings. The van der Waals surface area contributed by atoms with E-state index in [2.05, 4.69) is 15.6 Å². The molecule has 3 atom stereocenters. The number of aryl methyl sites for hydroxylation is 1. The Morgan fingerprint density at radius 3 is 2.77 bits per heavy atom. The van der Waals surface area contributed by atoms with Gasteiger partial charge in [0, 0.05) is 17.1 Å². The highest BCUT2D eigenvalue weighted by atomic mass is 35.5. The van der Waals surface area contributed by atoms with Crippen LogP contribution in [-0.2, 0) is 9.53 Å². The van der Waals surface area contributed by atoms with E-state index in [0.29, 0.717) is 18.2 Å². The second-order valence-corrected chi connectivity index (χ2v) is 7.68. The fourth-order valence-electron chi connectivity index (χ4n) is 2.92. The van der Waals surface area contributed by atoms with E-state index >= 15 is 0 Å². The van der Waals surface area contributed by atoms with Crippen LogP contribution in [0.15, 0.2) is 24.3 Å². The highest BCUT2D eigenvalue weighted by Gasteiger charge is 2.29. The molecule has 5 nitrogen and oxygen atoms in total. The minimum absolute atomic E-state index is 0. The number of carbonyl (C=O) groups is 1. The Morgan fingerprint density at radius 2 is 2.12 bits per heavy atom. The first kappa shape index (κ1) is 21.1. The normalized spacial score (nSPS) is 20.9. The Bertz CT molecular complexity index is 751. The van der Waals surface area contributed by atoms with E-state index < -0.39 is 0 Å². The summed E-state index contributed by atoms with van der Waals surface area (Å²) in [5.41, 5.74) is 1.96. The van der Waals surface area contributed by atoms with Crippen LogP contribution in [-0.4, -0.2) is 36.2 Å². The average Bonchev–Trinajstić information content (AvgIpc) is 2.97. The van der Waals surface area contributed by atoms with E-state index in [1.54, 1.807) is 11.3 Å². The molecule has 142 valence electrons. The number of thiazole rings is 1. The summed E-state index contributed by atoms with van der Waals surface area (Å²) in [5, 5.41) is 7.93. The third-order valence-corrected chi connectivity index (χ3v) is 5.92. The van der Waals surface area contributed by atoms with Crippen molar-refractivity contribution in [3.63, 3.8) is 0 Å². The van der Waals surface area contributed by atoms with Crippen molar-refractivity contribution in [1.82, 2.24) is 15.6 Å². The third kappa shape index (κ3) is 4.75. The molecule has 0 saturated carbocycles. The second-order valence-electron chi connectivity index (χ2n) is 6.21. The van der Waals surface area contributed by atoms with E-state index in [9.17, 15) is 4.79 Å². The summed E-state index contributed by atoms with van der Waals surface area (Å²) in [4.78, 5) is 18.2. The highest BCUT2D eigenvalue weighted by molar-refractivity contribution is 7.15. The van der Waals surface area contributed by atoms with Crippen LogP contribution in [0.4, 0.5) is 0 Å². The first-order chi connectivity index (χ1) is 12.0. The lowest BCUT2D eigenvalue weighted by molar-refractivity contribution is -0.129. The van der Waals surface area contributed by atoms with Gasteiger partial charge in [-0.15, -0.1) is 23.7 Å². The topological polar surface area (TPSA) is 63.2 Å². The molecule has 1 unspecified atom stereocenters. The smallest absolute Gasteiger partial charge is 0.240 e. The molecule has 26 heavy (non-hydrogen) atoms. The number of nitrogens with zero attached hydrogens (tertiary/aromatic N) is 1. The van der Waals surface area contributed by atoms with Gasteiger partial charge in [0.25, 0.3) is 0 Å². The molecular weight excluding hydrogens is 393 g/mol. The molecule has 1 fully saturated rings. The van der Waals surface area contributed by atoms with Gasteiger partial charge in [-0.2, -0.15) is 0 Å². The van der Waals surface area contributed by atoms with Crippen molar-refractivity contribution in [3.8, 4) is 10.6 Å². The molecule has 2 heterocycles. The summed E-state index contributed by atoms with van der Waals surface area (Å²) in [6.07, 6.45) is -0.131. The third-order valence-electron chi connectivity index (χ3n) is 4.27. The number of benzene rings is 1. The van der Waals surface area contributed by atoms with Gasteiger partial charge >= 0.3 is 0 Å². The zero-order valence-corrected chi connectivity index (χ0v) is 17.3. The van der Waals surface area contributed by atoms with Crippen molar-refractivity contribution < 1.29 is 9.53 Å². The van der Waals surface area contributed by atoms with Gasteiger partial charge in [-0.1, -0.05) is 23.7 Å². The van der Waals surface area contributed by atoms with Gasteiger partial charge in [0.15, 0.2) is 0 Å². The van der Waals surface area contributed by atoms with Crippen molar-refractivity contribution >= 4 is 41.3 Å². The van der Waals surface area contributed by atoms with Crippen LogP contribution < -0.4 is 10.6 Å². The second kappa shape index (κ2) is 9.15. The zero-order chi connectivity index (χ0) is 18.0. The Labute approximate surface area is 168 Å². The van der Waals surface area contributed by atoms with Crippen LogP contribution >= 0.6 is 35.3 Å². The monoisotopic (exact) mass is 415 g/mol. The fourth-order valence-corrected chi connectivity index (χ4v) is 4.12. The summed E-state index contributed by atoms with van der Waals surface area (Å²) in [6.45, 7) is 7.20. The van der Waals surface area contributed by atoms with Gasteiger partial charge in [-0.25, -0.2) is 4.98 Å². The molecule has 1 aromatic carbocycles. The SMILES string of the molecule is Cc1nc(-c2ccc(Cl)cc2)sc1C(C)NC(=O)[C@H]1NCCO[C@@H]1C.Cl. The molecule has 0 aliphatic carbocycles. The Balaban J connectivity index is 0.00000243. The summed E-state index contributed by atoms with van der Waals surface area (Å²) in [5.74, 6) is -0.0412. The van der Waals surface area contributed by atoms with E-state index in [-0.39, 0.29) is 36.5 Å². The summed E-state index contributed by atoms with van der Waals surface area (Å²) < 4.78 is 5.55. The fraction of sp³-hybridized carbons (Fsp3) is 0.444. The van der Waals surface area contributed by atoms with E-state index in [4.69, 9.17) is 16.3 Å². The van der Waals surface area contributed by atoms with Gasteiger partial charge < -0.3 is 15.4 Å². The largest absolute Gasteiger partial charge is 0.375 e. The predicted octanol–water partition coefficient (Wildman–Crippen LogP) is 3.75. The standard InChI is InChI=1S/C18H22ClN3O2S.ClH/c1-10(21-17(23)15-12(3)24-9-8-20-15)16-11(2)22-18(25-16)13-4-6-14(19)7-5-13;/h4-7,10,12,15,20H,8-9H2,1-3H3,(H,21,23);1H/t10?,12-,15+;/m1./s1. The van der Waals surface area contributed by atoms with Gasteiger partial charge in [0.05, 0.1) is 29.3 Å². The molecule has 2 N–H and O–H groups in total. The number of amides is 1. The molecule has 0 spiro atoms. The maximum Gasteiger partial charge on any atom is 0.240 e. The van der Waals surface area contributed by atoms with Crippen molar-refractivity contribution in [2.75, 3.05) is 13.2 Å². The number of morpholine rings is 1. The molecule has 1 aromatic heterocycles. The van der Waals surface area contributed by atoms with Crippen molar-refractivity contribution in [1.29, 1.82) is 0 Å². The zero-order valence-electron chi connectivity index (χ0n) is 14.9. The summed E-state index contributed by atoms with van der Waals surface area (Å²) in [7, 11) is 0. The summed E-state index contributed by atoms with van der Waals surface area (Å²) >= 11 is 7.54. The molecule has 0 radical (unpaired) electrons. The number of rotatable bonds is 4. The quantitative estimate of drug-likeness (QED) is 0.797. The lowest BCUT2D eigenvalue weighted by Gasteiger charge is -2.30. The molecule has 1 saturated heterocycles. The van der Waals surface area contributed by atoms with Gasteiger partial charge in [0.2, 0.25) is 5.91 Å². The number of halogens is 2. The molecule has 2 aromatic rings. The van der Waals surface area contributed by atoms with Crippen LogP contribution in [0.5, 0.6) is 0 Å². The number of carbonyl (C=O) groups excluding carboxylic acids is 1. The average molecular weight is 416 g/mol. The first-order valence-electron chi connectivity index (χ1n) is 8.34. The maximum atomic E-state index is 12.5. The van der Waals surface area contributed by atoms with Crippen LogP contribution in [0.3, 0.4) is 0 Å². The number of hydrogen-bond donors (Lipinski definition) is 2. The van der Waals surface area contributed by atoms with Crippen molar-refractivity contribution in [2.45, 2.75) is 39.0 Å². The van der Waals surface area contributed by atoms with E-state index in [1.807, 2.05) is 45.0 Å².